The van der Waals surface area contributed by atoms with Crippen LogP contribution in [0.4, 0.5) is 0 Å². The van der Waals surface area contributed by atoms with Crippen molar-refractivity contribution in [1.29, 1.82) is 0 Å². The van der Waals surface area contributed by atoms with Crippen molar-refractivity contribution in [1.82, 2.24) is 9.55 Å². The number of carbonyl (C=O) groups is 2. The topological polar surface area (TPSA) is 61.2 Å². The van der Waals surface area contributed by atoms with E-state index in [0.717, 1.165) is 4.47 Å². The number of imidazole rings is 1. The molecule has 1 aromatic heterocycles. The maximum Gasteiger partial charge on any atom is 0.329 e. The van der Waals surface area contributed by atoms with E-state index in [2.05, 4.69) is 20.9 Å². The quantitative estimate of drug-likeness (QED) is 0.622. The highest BCUT2D eigenvalue weighted by molar-refractivity contribution is 9.10. The second-order valence-corrected chi connectivity index (χ2v) is 5.10. The van der Waals surface area contributed by atoms with E-state index in [0.29, 0.717) is 5.56 Å². The maximum atomic E-state index is 12.2. The Labute approximate surface area is 124 Å². The number of hydrogen-bond donors (Lipinski definition) is 0. The Bertz CT molecular complexity index is 593. The van der Waals surface area contributed by atoms with Crippen molar-refractivity contribution in [3.05, 3.63) is 53.0 Å². The highest BCUT2D eigenvalue weighted by atomic mass is 79.9. The van der Waals surface area contributed by atoms with Crippen molar-refractivity contribution in [2.45, 2.75) is 12.5 Å². The van der Waals surface area contributed by atoms with E-state index in [4.69, 9.17) is 4.74 Å². The molecule has 0 fully saturated rings. The van der Waals surface area contributed by atoms with E-state index in [-0.39, 0.29) is 12.2 Å². The minimum absolute atomic E-state index is 0.0324. The number of aromatic nitrogens is 2. The summed E-state index contributed by atoms with van der Waals surface area (Å²) in [6.07, 6.45) is 4.72. The molecule has 0 bridgehead atoms. The second kappa shape index (κ2) is 6.47. The lowest BCUT2D eigenvalue weighted by Gasteiger charge is -2.15. The lowest BCUT2D eigenvalue weighted by atomic mass is 10.0. The van der Waals surface area contributed by atoms with Gasteiger partial charge in [0.15, 0.2) is 5.78 Å². The monoisotopic (exact) mass is 336 g/mol. The third-order valence-electron chi connectivity index (χ3n) is 2.90. The van der Waals surface area contributed by atoms with Crippen molar-refractivity contribution in [2.75, 3.05) is 7.11 Å². The molecule has 2 rings (SSSR count). The minimum atomic E-state index is -0.696. The first kappa shape index (κ1) is 14.5. The van der Waals surface area contributed by atoms with Crippen LogP contribution in [0.2, 0.25) is 0 Å². The first-order chi connectivity index (χ1) is 9.61. The molecular weight excluding hydrogens is 324 g/mol. The van der Waals surface area contributed by atoms with Gasteiger partial charge in [-0.2, -0.15) is 0 Å². The summed E-state index contributed by atoms with van der Waals surface area (Å²) < 4.78 is 7.21. The van der Waals surface area contributed by atoms with Gasteiger partial charge in [-0.25, -0.2) is 9.78 Å². The molecule has 0 amide bonds. The highest BCUT2D eigenvalue weighted by Gasteiger charge is 2.24. The first-order valence-electron chi connectivity index (χ1n) is 5.96. The molecule has 0 unspecified atom stereocenters. The average molecular weight is 337 g/mol. The van der Waals surface area contributed by atoms with Gasteiger partial charge in [0.2, 0.25) is 0 Å². The summed E-state index contributed by atoms with van der Waals surface area (Å²) in [4.78, 5) is 27.9. The molecule has 0 saturated heterocycles. The molecule has 1 heterocycles. The van der Waals surface area contributed by atoms with Crippen LogP contribution in [0.15, 0.2) is 47.5 Å². The Kier molecular flexibility index (Phi) is 4.68. The van der Waals surface area contributed by atoms with Crippen LogP contribution in [0.1, 0.15) is 22.8 Å². The largest absolute Gasteiger partial charge is 0.467 e. The molecule has 1 atom stereocenters. The predicted molar refractivity (Wildman–Crippen MR) is 76.4 cm³/mol. The first-order valence-corrected chi connectivity index (χ1v) is 6.75. The van der Waals surface area contributed by atoms with Gasteiger partial charge in [0, 0.05) is 28.9 Å². The summed E-state index contributed by atoms with van der Waals surface area (Å²) >= 11 is 3.31. The fraction of sp³-hybridized carbons (Fsp3) is 0.214. The van der Waals surface area contributed by atoms with Gasteiger partial charge >= 0.3 is 5.97 Å². The number of nitrogens with zero attached hydrogens (tertiary/aromatic N) is 2. The van der Waals surface area contributed by atoms with Crippen molar-refractivity contribution in [2.24, 2.45) is 0 Å². The van der Waals surface area contributed by atoms with Gasteiger partial charge in [0.1, 0.15) is 6.04 Å². The van der Waals surface area contributed by atoms with Crippen LogP contribution in [0, 0.1) is 0 Å². The van der Waals surface area contributed by atoms with E-state index in [1.165, 1.54) is 13.4 Å². The summed E-state index contributed by atoms with van der Waals surface area (Å²) in [7, 11) is 1.30. The minimum Gasteiger partial charge on any atom is -0.467 e. The second-order valence-electron chi connectivity index (χ2n) is 4.18. The summed E-state index contributed by atoms with van der Waals surface area (Å²) in [5.41, 5.74) is 0.558. The average Bonchev–Trinajstić information content (AvgIpc) is 2.98. The molecule has 0 radical (unpaired) electrons. The number of ketones is 1. The molecular formula is C14H13BrN2O3. The standard InChI is InChI=1S/C14H13BrN2O3/c1-20-14(19)12(17-7-6-16-9-17)8-13(18)10-2-4-11(15)5-3-10/h2-7,9,12H,8H2,1H3/t12-/m0/s1. The number of carbonyl (C=O) groups excluding carboxylic acids is 2. The van der Waals surface area contributed by atoms with E-state index >= 15 is 0 Å². The van der Waals surface area contributed by atoms with Crippen LogP contribution in [-0.4, -0.2) is 28.4 Å². The Morgan fingerprint density at radius 2 is 2.05 bits per heavy atom. The lowest BCUT2D eigenvalue weighted by Crippen LogP contribution is -2.23. The molecule has 0 aliphatic rings. The lowest BCUT2D eigenvalue weighted by molar-refractivity contribution is -0.144. The number of rotatable bonds is 5. The third-order valence-corrected chi connectivity index (χ3v) is 3.43. The zero-order valence-electron chi connectivity index (χ0n) is 10.8. The normalized spacial score (nSPS) is 11.9. The van der Waals surface area contributed by atoms with E-state index in [1.807, 2.05) is 0 Å². The third kappa shape index (κ3) is 3.33. The number of esters is 1. The van der Waals surface area contributed by atoms with E-state index in [9.17, 15) is 9.59 Å². The fourth-order valence-corrected chi connectivity index (χ4v) is 2.09. The number of halogens is 1. The predicted octanol–water partition coefficient (Wildman–Crippen LogP) is 2.63. The molecule has 0 saturated carbocycles. The van der Waals surface area contributed by atoms with Crippen molar-refractivity contribution in [3.63, 3.8) is 0 Å². The smallest absolute Gasteiger partial charge is 0.329 e. The summed E-state index contributed by atoms with van der Waals surface area (Å²) in [5, 5.41) is 0. The number of hydrogen-bond acceptors (Lipinski definition) is 4. The van der Waals surface area contributed by atoms with Crippen LogP contribution in [-0.2, 0) is 9.53 Å². The zero-order valence-corrected chi connectivity index (χ0v) is 12.4. The van der Waals surface area contributed by atoms with Crippen molar-refractivity contribution >= 4 is 27.7 Å². The molecule has 5 nitrogen and oxygen atoms in total. The Balaban J connectivity index is 2.18. The van der Waals surface area contributed by atoms with Gasteiger partial charge in [-0.15, -0.1) is 0 Å². The van der Waals surface area contributed by atoms with Crippen molar-refractivity contribution in [3.8, 4) is 0 Å². The summed E-state index contributed by atoms with van der Waals surface area (Å²) in [5.74, 6) is -0.588. The molecule has 104 valence electrons. The van der Waals surface area contributed by atoms with E-state index in [1.54, 1.807) is 41.2 Å². The fourth-order valence-electron chi connectivity index (χ4n) is 1.83. The van der Waals surface area contributed by atoms with Crippen molar-refractivity contribution < 1.29 is 14.3 Å². The SMILES string of the molecule is COC(=O)[C@H](CC(=O)c1ccc(Br)cc1)n1ccnc1. The molecule has 20 heavy (non-hydrogen) atoms. The number of methoxy groups -OCH3 is 1. The number of ether oxygens (including phenoxy) is 1. The summed E-state index contributed by atoms with van der Waals surface area (Å²) in [6, 6.07) is 6.32. The van der Waals surface area contributed by atoms with Crippen LogP contribution >= 0.6 is 15.9 Å². The zero-order chi connectivity index (χ0) is 14.5. The Morgan fingerprint density at radius 1 is 1.35 bits per heavy atom. The molecule has 0 N–H and O–H groups in total. The van der Waals surface area contributed by atoms with Gasteiger partial charge in [-0.05, 0) is 12.1 Å². The van der Waals surface area contributed by atoms with E-state index < -0.39 is 12.0 Å². The van der Waals surface area contributed by atoms with Gasteiger partial charge in [-0.1, -0.05) is 28.1 Å². The molecule has 0 aliphatic carbocycles. The highest BCUT2D eigenvalue weighted by Crippen LogP contribution is 2.18. The van der Waals surface area contributed by atoms with Crippen LogP contribution in [0.25, 0.3) is 0 Å². The number of benzene rings is 1. The maximum absolute atomic E-state index is 12.2. The Morgan fingerprint density at radius 3 is 2.60 bits per heavy atom. The van der Waals surface area contributed by atoms with Crippen LogP contribution in [0.5, 0.6) is 0 Å². The van der Waals surface area contributed by atoms with Gasteiger partial charge < -0.3 is 9.30 Å². The molecule has 1 aromatic carbocycles. The van der Waals surface area contributed by atoms with Crippen LogP contribution in [0.3, 0.4) is 0 Å². The molecule has 0 spiro atoms. The molecule has 0 aliphatic heterocycles. The van der Waals surface area contributed by atoms with Gasteiger partial charge in [0.25, 0.3) is 0 Å². The van der Waals surface area contributed by atoms with Crippen LogP contribution < -0.4 is 0 Å². The van der Waals surface area contributed by atoms with Gasteiger partial charge in [0.05, 0.1) is 13.4 Å². The number of Topliss-reactive ketones (excluding diaryl/α,β-unsaturated/α-hetero) is 1. The molecule has 2 aromatic rings. The Hall–Kier alpha value is -1.95. The van der Waals surface area contributed by atoms with Gasteiger partial charge in [-0.3, -0.25) is 4.79 Å². The summed E-state index contributed by atoms with van der Waals surface area (Å²) in [6.45, 7) is 0. The molecule has 6 heteroatoms.